The molecule has 0 aromatic heterocycles. The molecule has 0 fully saturated rings. The van der Waals surface area contributed by atoms with E-state index in [0.29, 0.717) is 38.7 Å². The minimum atomic E-state index is -0.411. The summed E-state index contributed by atoms with van der Waals surface area (Å²) < 4.78 is 0. The summed E-state index contributed by atoms with van der Waals surface area (Å²) in [5, 5.41) is 8.90. The van der Waals surface area contributed by atoms with Gasteiger partial charge in [0.25, 0.3) is 23.6 Å². The van der Waals surface area contributed by atoms with Gasteiger partial charge in [-0.15, -0.1) is 0 Å². The van der Waals surface area contributed by atoms with Gasteiger partial charge in [-0.2, -0.15) is 0 Å². The number of anilines is 1. The Morgan fingerprint density at radius 3 is 1.29 bits per heavy atom. The standard InChI is InChI=1S/C36H26N2O4/c1-16(2)18-6-5-7-19(17(3)4)32(18)38-35(41)26-14-10-22-20-8-12-24-30-25(34(40)37-33(24)39)13-9-21(28(20)30)23-11-15-27(36(38)42)31(26)29(22)23/h5-17H,1-4H3,(H,37,39,40). The fourth-order valence-electron chi connectivity index (χ4n) is 7.17. The molecule has 42 heavy (non-hydrogen) atoms. The summed E-state index contributed by atoms with van der Waals surface area (Å²) in [7, 11) is 0. The van der Waals surface area contributed by atoms with Crippen LogP contribution in [0.2, 0.25) is 0 Å². The summed E-state index contributed by atoms with van der Waals surface area (Å²) in [6.07, 6.45) is 0. The molecule has 0 spiro atoms. The molecule has 2 aliphatic heterocycles. The van der Waals surface area contributed by atoms with Gasteiger partial charge in [0.2, 0.25) is 0 Å². The van der Waals surface area contributed by atoms with Gasteiger partial charge in [0, 0.05) is 33.0 Å². The van der Waals surface area contributed by atoms with Crippen molar-refractivity contribution >= 4 is 72.4 Å². The largest absolute Gasteiger partial charge is 0.288 e. The smallest absolute Gasteiger partial charge is 0.266 e. The minimum Gasteiger partial charge on any atom is -0.288 e. The Labute approximate surface area is 241 Å². The summed E-state index contributed by atoms with van der Waals surface area (Å²) in [4.78, 5) is 55.6. The number of rotatable bonds is 3. The number of carbonyl (C=O) groups is 4. The fraction of sp³-hybridized carbons (Fsp3) is 0.167. The van der Waals surface area contributed by atoms with Crippen molar-refractivity contribution in [3.8, 4) is 0 Å². The number of imide groups is 2. The number of hydrogen-bond acceptors (Lipinski definition) is 4. The summed E-state index contributed by atoms with van der Waals surface area (Å²) in [6.45, 7) is 8.30. The van der Waals surface area contributed by atoms with E-state index < -0.39 is 11.8 Å². The first-order valence-electron chi connectivity index (χ1n) is 14.3. The van der Waals surface area contributed by atoms with Crippen LogP contribution in [0.3, 0.4) is 0 Å². The molecule has 4 amide bonds. The molecule has 0 unspecified atom stereocenters. The highest BCUT2D eigenvalue weighted by Gasteiger charge is 2.38. The molecule has 0 atom stereocenters. The molecule has 6 nitrogen and oxygen atoms in total. The molecule has 0 saturated carbocycles. The van der Waals surface area contributed by atoms with Gasteiger partial charge in [0.15, 0.2) is 0 Å². The zero-order chi connectivity index (χ0) is 29.2. The van der Waals surface area contributed by atoms with Crippen LogP contribution in [-0.4, -0.2) is 23.6 Å². The molecule has 1 N–H and O–H groups in total. The number of nitrogens with zero attached hydrogens (tertiary/aromatic N) is 1. The molecular formula is C36H26N2O4. The van der Waals surface area contributed by atoms with Crippen molar-refractivity contribution in [2.45, 2.75) is 39.5 Å². The molecule has 0 aliphatic carbocycles. The van der Waals surface area contributed by atoms with Crippen LogP contribution in [0.15, 0.2) is 66.7 Å². The van der Waals surface area contributed by atoms with Crippen molar-refractivity contribution in [1.29, 1.82) is 0 Å². The second kappa shape index (κ2) is 8.23. The lowest BCUT2D eigenvalue weighted by Gasteiger charge is -2.33. The van der Waals surface area contributed by atoms with E-state index in [-0.39, 0.29) is 23.7 Å². The lowest BCUT2D eigenvalue weighted by atomic mass is 9.82. The highest BCUT2D eigenvalue weighted by atomic mass is 16.2. The highest BCUT2D eigenvalue weighted by Crippen LogP contribution is 2.47. The molecule has 0 saturated heterocycles. The molecule has 0 bridgehead atoms. The second-order valence-corrected chi connectivity index (χ2v) is 12.0. The van der Waals surface area contributed by atoms with Gasteiger partial charge < -0.3 is 0 Å². The lowest BCUT2D eigenvalue weighted by Crippen LogP contribution is -2.41. The minimum absolute atomic E-state index is 0.114. The lowest BCUT2D eigenvalue weighted by molar-refractivity contribution is 0.0840. The maximum absolute atomic E-state index is 14.4. The van der Waals surface area contributed by atoms with Gasteiger partial charge in [-0.05, 0) is 79.5 Å². The van der Waals surface area contributed by atoms with Gasteiger partial charge in [0.1, 0.15) is 0 Å². The van der Waals surface area contributed by atoms with Crippen molar-refractivity contribution in [2.75, 3.05) is 4.90 Å². The highest BCUT2D eigenvalue weighted by molar-refractivity contribution is 6.43. The maximum Gasteiger partial charge on any atom is 0.266 e. The average Bonchev–Trinajstić information content (AvgIpc) is 2.97. The number of carbonyl (C=O) groups excluding carboxylic acids is 4. The molecule has 2 heterocycles. The number of nitrogens with one attached hydrogen (secondary N) is 1. The van der Waals surface area contributed by atoms with E-state index in [2.05, 4.69) is 33.0 Å². The first kappa shape index (κ1) is 24.7. The Balaban J connectivity index is 1.46. The molecule has 204 valence electrons. The zero-order valence-corrected chi connectivity index (χ0v) is 23.6. The van der Waals surface area contributed by atoms with Crippen molar-refractivity contribution in [2.24, 2.45) is 0 Å². The molecule has 2 aliphatic rings. The number of para-hydroxylation sites is 1. The predicted octanol–water partition coefficient (Wildman–Crippen LogP) is 7.67. The molecule has 8 rings (SSSR count). The molecule has 6 aromatic rings. The van der Waals surface area contributed by atoms with E-state index in [9.17, 15) is 19.2 Å². The van der Waals surface area contributed by atoms with Crippen LogP contribution >= 0.6 is 0 Å². The van der Waals surface area contributed by atoms with Crippen LogP contribution in [0.4, 0.5) is 5.69 Å². The molecule has 0 radical (unpaired) electrons. The number of benzene rings is 6. The average molecular weight is 551 g/mol. The van der Waals surface area contributed by atoms with E-state index in [4.69, 9.17) is 0 Å². The van der Waals surface area contributed by atoms with Crippen molar-refractivity contribution in [3.05, 3.63) is 100 Å². The SMILES string of the molecule is CC(C)c1cccc(C(C)C)c1N1C(=O)c2ccc3c4ccc5c6c(ccc(c7ccc(c2c37)C1=O)c64)C(=O)NC5=O. The van der Waals surface area contributed by atoms with Gasteiger partial charge >= 0.3 is 0 Å². The summed E-state index contributed by atoms with van der Waals surface area (Å²) >= 11 is 0. The fourth-order valence-corrected chi connectivity index (χ4v) is 7.17. The van der Waals surface area contributed by atoms with Gasteiger partial charge in [-0.3, -0.25) is 24.5 Å². The van der Waals surface area contributed by atoms with E-state index in [0.717, 1.165) is 43.4 Å². The van der Waals surface area contributed by atoms with Gasteiger partial charge in [-0.25, -0.2) is 4.90 Å². The predicted molar refractivity (Wildman–Crippen MR) is 165 cm³/mol. The van der Waals surface area contributed by atoms with Crippen LogP contribution in [0.5, 0.6) is 0 Å². The Hall–Kier alpha value is -5.10. The van der Waals surface area contributed by atoms with Crippen molar-refractivity contribution in [3.63, 3.8) is 0 Å². The van der Waals surface area contributed by atoms with Crippen molar-refractivity contribution < 1.29 is 19.2 Å². The van der Waals surface area contributed by atoms with E-state index in [1.807, 2.05) is 54.6 Å². The first-order chi connectivity index (χ1) is 20.2. The summed E-state index contributed by atoms with van der Waals surface area (Å²) in [5.41, 5.74) is 4.51. The first-order valence-corrected chi connectivity index (χ1v) is 14.3. The van der Waals surface area contributed by atoms with E-state index >= 15 is 0 Å². The van der Waals surface area contributed by atoms with Crippen LogP contribution in [0, 0.1) is 0 Å². The number of hydrogen-bond donors (Lipinski definition) is 1. The molecule has 6 aromatic carbocycles. The Kier molecular flexibility index (Phi) is 4.83. The third-order valence-electron chi connectivity index (χ3n) is 9.05. The quantitative estimate of drug-likeness (QED) is 0.139. The normalized spacial score (nSPS) is 15.0. The third-order valence-corrected chi connectivity index (χ3v) is 9.05. The third kappa shape index (κ3) is 2.93. The summed E-state index contributed by atoms with van der Waals surface area (Å²) in [5.74, 6) is -1.25. The molecule has 6 heteroatoms. The van der Waals surface area contributed by atoms with E-state index in [1.165, 1.54) is 4.90 Å². The topological polar surface area (TPSA) is 83.6 Å². The van der Waals surface area contributed by atoms with E-state index in [1.54, 1.807) is 12.1 Å². The summed E-state index contributed by atoms with van der Waals surface area (Å²) in [6, 6.07) is 20.8. The van der Waals surface area contributed by atoms with Crippen LogP contribution < -0.4 is 10.2 Å². The zero-order valence-electron chi connectivity index (χ0n) is 23.6. The van der Waals surface area contributed by atoms with Gasteiger partial charge in [-0.1, -0.05) is 70.2 Å². The Bertz CT molecular complexity index is 2120. The van der Waals surface area contributed by atoms with Crippen molar-refractivity contribution in [1.82, 2.24) is 5.32 Å². The Morgan fingerprint density at radius 2 is 0.881 bits per heavy atom. The maximum atomic E-state index is 14.4. The number of fused-ring (bicyclic) bond motifs is 2. The number of amides is 4. The van der Waals surface area contributed by atoms with Crippen LogP contribution in [0.25, 0.3) is 43.1 Å². The van der Waals surface area contributed by atoms with Gasteiger partial charge in [0.05, 0.1) is 5.69 Å². The van der Waals surface area contributed by atoms with Crippen LogP contribution in [0.1, 0.15) is 92.1 Å². The second-order valence-electron chi connectivity index (χ2n) is 12.0. The monoisotopic (exact) mass is 550 g/mol. The van der Waals surface area contributed by atoms with Crippen LogP contribution in [-0.2, 0) is 0 Å². The Morgan fingerprint density at radius 1 is 0.500 bits per heavy atom. The molecular weight excluding hydrogens is 524 g/mol.